The van der Waals surface area contributed by atoms with Crippen LogP contribution in [-0.4, -0.2) is 17.3 Å². The number of ketones is 1. The molecule has 0 radical (unpaired) electrons. The quantitative estimate of drug-likeness (QED) is 0.720. The second-order valence-corrected chi connectivity index (χ2v) is 2.37. The molecule has 0 unspecified atom stereocenters. The molecule has 0 amide bonds. The van der Waals surface area contributed by atoms with Gasteiger partial charge < -0.3 is 5.73 Å². The number of pyridine rings is 1. The molecular weight excluding hydrogens is 178 g/mol. The summed E-state index contributed by atoms with van der Waals surface area (Å²) < 4.78 is 24.6. The zero-order chi connectivity index (χ0) is 9.84. The van der Waals surface area contributed by atoms with Gasteiger partial charge in [-0.05, 0) is 12.1 Å². The van der Waals surface area contributed by atoms with Gasteiger partial charge in [-0.25, -0.2) is 8.78 Å². The van der Waals surface area contributed by atoms with Crippen molar-refractivity contribution in [1.29, 1.82) is 0 Å². The minimum atomic E-state index is -2.70. The topological polar surface area (TPSA) is 56.0 Å². The molecule has 5 heteroatoms. The average Bonchev–Trinajstić information content (AvgIpc) is 2.16. The highest BCUT2D eigenvalue weighted by Gasteiger charge is 2.17. The van der Waals surface area contributed by atoms with Gasteiger partial charge in [0.05, 0.1) is 6.54 Å². The molecule has 0 aromatic carbocycles. The standard InChI is InChI=1S/C8H8F2N2O/c9-8(10)5-2-1-3-12-7(5)6(13)4-11/h1-3,8H,4,11H2. The van der Waals surface area contributed by atoms with E-state index in [4.69, 9.17) is 5.73 Å². The Morgan fingerprint density at radius 2 is 2.31 bits per heavy atom. The van der Waals surface area contributed by atoms with E-state index in [9.17, 15) is 13.6 Å². The van der Waals surface area contributed by atoms with Crippen LogP contribution in [0, 0.1) is 0 Å². The molecule has 0 fully saturated rings. The summed E-state index contributed by atoms with van der Waals surface area (Å²) in [6, 6.07) is 2.52. The highest BCUT2D eigenvalue weighted by atomic mass is 19.3. The second-order valence-electron chi connectivity index (χ2n) is 2.37. The van der Waals surface area contributed by atoms with E-state index in [2.05, 4.69) is 4.98 Å². The SMILES string of the molecule is NCC(=O)c1ncccc1C(F)F. The largest absolute Gasteiger partial charge is 0.324 e. The van der Waals surface area contributed by atoms with Crippen molar-refractivity contribution in [3.05, 3.63) is 29.6 Å². The monoisotopic (exact) mass is 186 g/mol. The Bertz CT molecular complexity index is 315. The van der Waals surface area contributed by atoms with E-state index < -0.39 is 12.2 Å². The summed E-state index contributed by atoms with van der Waals surface area (Å²) in [6.45, 7) is -0.309. The number of nitrogens with zero attached hydrogens (tertiary/aromatic N) is 1. The van der Waals surface area contributed by atoms with E-state index in [0.29, 0.717) is 0 Å². The molecule has 2 N–H and O–H groups in total. The molecule has 70 valence electrons. The summed E-state index contributed by atoms with van der Waals surface area (Å²) in [5, 5.41) is 0. The molecule has 0 aliphatic carbocycles. The fourth-order valence-corrected chi connectivity index (χ4v) is 0.923. The zero-order valence-corrected chi connectivity index (χ0v) is 6.71. The van der Waals surface area contributed by atoms with E-state index in [0.717, 1.165) is 0 Å². The lowest BCUT2D eigenvalue weighted by Crippen LogP contribution is -2.17. The van der Waals surface area contributed by atoms with Crippen LogP contribution in [0.25, 0.3) is 0 Å². The summed E-state index contributed by atoms with van der Waals surface area (Å²) in [5.74, 6) is -0.573. The molecule has 3 nitrogen and oxygen atoms in total. The van der Waals surface area contributed by atoms with Crippen molar-refractivity contribution in [1.82, 2.24) is 4.98 Å². The van der Waals surface area contributed by atoms with E-state index in [-0.39, 0.29) is 17.8 Å². The van der Waals surface area contributed by atoms with Crippen molar-refractivity contribution in [3.8, 4) is 0 Å². The first kappa shape index (κ1) is 9.73. The van der Waals surface area contributed by atoms with Crippen molar-refractivity contribution in [2.75, 3.05) is 6.54 Å². The number of hydrogen-bond acceptors (Lipinski definition) is 3. The fourth-order valence-electron chi connectivity index (χ4n) is 0.923. The number of nitrogens with two attached hydrogens (primary N) is 1. The number of carbonyl (C=O) groups is 1. The van der Waals surface area contributed by atoms with Gasteiger partial charge in [0.15, 0.2) is 5.78 Å². The van der Waals surface area contributed by atoms with E-state index in [1.807, 2.05) is 0 Å². The molecule has 0 bridgehead atoms. The molecule has 0 spiro atoms. The van der Waals surface area contributed by atoms with Gasteiger partial charge in [0.1, 0.15) is 5.69 Å². The van der Waals surface area contributed by atoms with Crippen LogP contribution in [0.3, 0.4) is 0 Å². The first-order valence-corrected chi connectivity index (χ1v) is 3.63. The van der Waals surface area contributed by atoms with Crippen molar-refractivity contribution in [3.63, 3.8) is 0 Å². The molecule has 13 heavy (non-hydrogen) atoms. The summed E-state index contributed by atoms with van der Waals surface area (Å²) in [7, 11) is 0. The lowest BCUT2D eigenvalue weighted by Gasteiger charge is -2.04. The van der Waals surface area contributed by atoms with Crippen LogP contribution in [0.2, 0.25) is 0 Å². The van der Waals surface area contributed by atoms with Crippen LogP contribution < -0.4 is 5.73 Å². The van der Waals surface area contributed by atoms with Crippen LogP contribution in [0.1, 0.15) is 22.5 Å². The number of hydrogen-bond donors (Lipinski definition) is 1. The highest BCUT2D eigenvalue weighted by molar-refractivity contribution is 5.97. The Labute approximate surface area is 73.6 Å². The molecule has 0 aliphatic heterocycles. The minimum absolute atomic E-state index is 0.236. The molecule has 0 aliphatic rings. The molecule has 1 aromatic rings. The van der Waals surface area contributed by atoms with Crippen LogP contribution >= 0.6 is 0 Å². The zero-order valence-electron chi connectivity index (χ0n) is 6.71. The summed E-state index contributed by atoms with van der Waals surface area (Å²) in [5.41, 5.74) is 4.44. The molecule has 1 rings (SSSR count). The molecule has 0 saturated heterocycles. The van der Waals surface area contributed by atoms with Crippen molar-refractivity contribution in [2.45, 2.75) is 6.43 Å². The number of alkyl halides is 2. The van der Waals surface area contributed by atoms with Gasteiger partial charge in [0.25, 0.3) is 6.43 Å². The second kappa shape index (κ2) is 4.04. The van der Waals surface area contributed by atoms with Gasteiger partial charge in [0, 0.05) is 11.8 Å². The maximum absolute atomic E-state index is 12.3. The first-order valence-electron chi connectivity index (χ1n) is 3.63. The molecular formula is C8H8F2N2O. The molecule has 0 atom stereocenters. The van der Waals surface area contributed by atoms with Gasteiger partial charge >= 0.3 is 0 Å². The fraction of sp³-hybridized carbons (Fsp3) is 0.250. The van der Waals surface area contributed by atoms with Gasteiger partial charge in [-0.3, -0.25) is 9.78 Å². The van der Waals surface area contributed by atoms with Crippen LogP contribution in [0.15, 0.2) is 18.3 Å². The predicted octanol–water partition coefficient (Wildman–Crippen LogP) is 1.16. The minimum Gasteiger partial charge on any atom is -0.324 e. The molecule has 0 saturated carbocycles. The average molecular weight is 186 g/mol. The summed E-state index contributed by atoms with van der Waals surface area (Å²) in [6.07, 6.45) is -1.41. The number of halogens is 2. The summed E-state index contributed by atoms with van der Waals surface area (Å²) in [4.78, 5) is 14.6. The lowest BCUT2D eigenvalue weighted by atomic mass is 10.1. The van der Waals surface area contributed by atoms with Gasteiger partial charge in [-0.1, -0.05) is 0 Å². The Balaban J connectivity index is 3.12. The number of aromatic nitrogens is 1. The normalized spacial score (nSPS) is 10.5. The van der Waals surface area contributed by atoms with Gasteiger partial charge in [-0.15, -0.1) is 0 Å². The van der Waals surface area contributed by atoms with Crippen molar-refractivity contribution in [2.24, 2.45) is 5.73 Å². The lowest BCUT2D eigenvalue weighted by molar-refractivity contribution is 0.0981. The third kappa shape index (κ3) is 2.06. The Morgan fingerprint density at radius 3 is 2.85 bits per heavy atom. The van der Waals surface area contributed by atoms with E-state index in [1.165, 1.54) is 18.3 Å². The predicted molar refractivity (Wildman–Crippen MR) is 42.6 cm³/mol. The number of rotatable bonds is 3. The van der Waals surface area contributed by atoms with E-state index >= 15 is 0 Å². The molecule has 1 heterocycles. The number of Topliss-reactive ketones (excluding diaryl/α,β-unsaturated/α-hetero) is 1. The molecule has 1 aromatic heterocycles. The van der Waals surface area contributed by atoms with Crippen molar-refractivity contribution < 1.29 is 13.6 Å². The third-order valence-corrected chi connectivity index (χ3v) is 1.52. The van der Waals surface area contributed by atoms with Crippen LogP contribution in [-0.2, 0) is 0 Å². The third-order valence-electron chi connectivity index (χ3n) is 1.52. The first-order chi connectivity index (χ1) is 6.16. The Kier molecular flexibility index (Phi) is 3.02. The summed E-state index contributed by atoms with van der Waals surface area (Å²) >= 11 is 0. The Morgan fingerprint density at radius 1 is 1.62 bits per heavy atom. The van der Waals surface area contributed by atoms with Gasteiger partial charge in [-0.2, -0.15) is 0 Å². The number of carbonyl (C=O) groups excluding carboxylic acids is 1. The van der Waals surface area contributed by atoms with E-state index in [1.54, 1.807) is 0 Å². The smallest absolute Gasteiger partial charge is 0.266 e. The van der Waals surface area contributed by atoms with Crippen LogP contribution in [0.4, 0.5) is 8.78 Å². The maximum Gasteiger partial charge on any atom is 0.266 e. The highest BCUT2D eigenvalue weighted by Crippen LogP contribution is 2.20. The van der Waals surface area contributed by atoms with Crippen LogP contribution in [0.5, 0.6) is 0 Å². The Hall–Kier alpha value is -1.36. The van der Waals surface area contributed by atoms with Gasteiger partial charge in [0.2, 0.25) is 0 Å². The van der Waals surface area contributed by atoms with Crippen molar-refractivity contribution >= 4 is 5.78 Å². The maximum atomic E-state index is 12.3.